The highest BCUT2D eigenvalue weighted by Gasteiger charge is 2.01. The number of nitrogens with zero attached hydrogens (tertiary/aromatic N) is 1. The smallest absolute Gasteiger partial charge is 0.250 e. The van der Waals surface area contributed by atoms with Crippen molar-refractivity contribution >= 4 is 29.3 Å². The largest absolute Gasteiger partial charge is 0.465 e. The number of carbonyl (C=O) groups excluding carboxylic acids is 1. The molecule has 0 fully saturated rings. The van der Waals surface area contributed by atoms with Crippen molar-refractivity contribution in [3.05, 3.63) is 60.3 Å². The van der Waals surface area contributed by atoms with Gasteiger partial charge in [0, 0.05) is 25.0 Å². The van der Waals surface area contributed by atoms with E-state index in [1.54, 1.807) is 30.6 Å². The van der Waals surface area contributed by atoms with Crippen molar-refractivity contribution in [3.63, 3.8) is 0 Å². The minimum atomic E-state index is -0.315. The summed E-state index contributed by atoms with van der Waals surface area (Å²) in [5.41, 5.74) is 0.982. The van der Waals surface area contributed by atoms with Crippen LogP contribution in [0.4, 0.5) is 0 Å². The summed E-state index contributed by atoms with van der Waals surface area (Å²) in [7, 11) is 0. The molecule has 2 heterocycles. The lowest BCUT2D eigenvalue weighted by atomic mass is 10.3. The van der Waals surface area contributed by atoms with Crippen LogP contribution in [0.3, 0.4) is 0 Å². The molecule has 0 saturated heterocycles. The van der Waals surface area contributed by atoms with Crippen LogP contribution in [0, 0.1) is 0 Å². The van der Waals surface area contributed by atoms with Gasteiger partial charge in [0.25, 0.3) is 0 Å². The van der Waals surface area contributed by atoms with E-state index < -0.39 is 0 Å². The lowest BCUT2D eigenvalue weighted by Crippen LogP contribution is -2.37. The first-order valence-corrected chi connectivity index (χ1v) is 6.34. The molecule has 0 spiro atoms. The van der Waals surface area contributed by atoms with Crippen molar-refractivity contribution in [2.45, 2.75) is 6.54 Å². The van der Waals surface area contributed by atoms with E-state index >= 15 is 0 Å². The second-order valence-electron chi connectivity index (χ2n) is 3.88. The standard InChI is InChI=1S/C14H13N3O2S/c18-13(6-5-12-4-2-8-19-12)17-14(20)16-10-11-3-1-7-15-9-11/h1-9H,10H2,(H2,16,17,18,20)/b6-5+. The van der Waals surface area contributed by atoms with Gasteiger partial charge in [-0.15, -0.1) is 0 Å². The van der Waals surface area contributed by atoms with Crippen LogP contribution in [0.25, 0.3) is 6.08 Å². The molecule has 0 radical (unpaired) electrons. The van der Waals surface area contributed by atoms with E-state index in [9.17, 15) is 4.79 Å². The molecule has 0 unspecified atom stereocenters. The molecule has 2 aromatic rings. The zero-order valence-electron chi connectivity index (χ0n) is 10.6. The highest BCUT2D eigenvalue weighted by molar-refractivity contribution is 7.80. The third-order valence-electron chi connectivity index (χ3n) is 2.35. The molecule has 0 atom stereocenters. The van der Waals surface area contributed by atoms with Crippen molar-refractivity contribution in [1.82, 2.24) is 15.6 Å². The van der Waals surface area contributed by atoms with Gasteiger partial charge in [0.05, 0.1) is 6.26 Å². The average molecular weight is 287 g/mol. The number of nitrogens with one attached hydrogen (secondary N) is 2. The second kappa shape index (κ2) is 7.20. The van der Waals surface area contributed by atoms with Crippen LogP contribution < -0.4 is 10.6 Å². The van der Waals surface area contributed by atoms with E-state index in [1.807, 2.05) is 12.1 Å². The lowest BCUT2D eigenvalue weighted by Gasteiger charge is -2.07. The average Bonchev–Trinajstić information content (AvgIpc) is 2.97. The van der Waals surface area contributed by atoms with Crippen LogP contribution in [0.5, 0.6) is 0 Å². The van der Waals surface area contributed by atoms with Crippen molar-refractivity contribution in [1.29, 1.82) is 0 Å². The van der Waals surface area contributed by atoms with Crippen LogP contribution in [0.15, 0.2) is 53.4 Å². The summed E-state index contributed by atoms with van der Waals surface area (Å²) in [5.74, 6) is 0.291. The molecule has 2 rings (SSSR count). The summed E-state index contributed by atoms with van der Waals surface area (Å²) in [4.78, 5) is 15.6. The quantitative estimate of drug-likeness (QED) is 0.664. The summed E-state index contributed by atoms with van der Waals surface area (Å²) in [6.07, 6.45) is 7.89. The Hall–Kier alpha value is -2.47. The number of furan rings is 1. The molecule has 1 amide bonds. The minimum Gasteiger partial charge on any atom is -0.465 e. The molecule has 0 saturated carbocycles. The summed E-state index contributed by atoms with van der Waals surface area (Å²) in [6.45, 7) is 0.509. The molecule has 2 N–H and O–H groups in total. The number of hydrogen-bond donors (Lipinski definition) is 2. The first kappa shape index (κ1) is 14.0. The van der Waals surface area contributed by atoms with Crippen molar-refractivity contribution < 1.29 is 9.21 Å². The Morgan fingerprint density at radius 3 is 3.00 bits per heavy atom. The van der Waals surface area contributed by atoms with Gasteiger partial charge in [-0.1, -0.05) is 6.07 Å². The number of carbonyl (C=O) groups is 1. The molecule has 0 aliphatic heterocycles. The van der Waals surface area contributed by atoms with Crippen LogP contribution in [0.1, 0.15) is 11.3 Å². The Morgan fingerprint density at radius 1 is 1.40 bits per heavy atom. The van der Waals surface area contributed by atoms with Gasteiger partial charge in [0.15, 0.2) is 5.11 Å². The Labute approximate surface area is 121 Å². The van der Waals surface area contributed by atoms with Crippen LogP contribution >= 0.6 is 12.2 Å². The number of thiocarbonyl (C=S) groups is 1. The van der Waals surface area contributed by atoms with Gasteiger partial charge in [0.2, 0.25) is 5.91 Å². The Balaban J connectivity index is 1.75. The number of hydrogen-bond acceptors (Lipinski definition) is 4. The van der Waals surface area contributed by atoms with Gasteiger partial charge >= 0.3 is 0 Å². The molecule has 0 bridgehead atoms. The summed E-state index contributed by atoms with van der Waals surface area (Å²) in [5, 5.41) is 5.74. The van der Waals surface area contributed by atoms with Crippen molar-refractivity contribution in [2.24, 2.45) is 0 Å². The van der Waals surface area contributed by atoms with Crippen molar-refractivity contribution in [3.8, 4) is 0 Å². The van der Waals surface area contributed by atoms with Gasteiger partial charge in [-0.2, -0.15) is 0 Å². The molecule has 0 aromatic carbocycles. The van der Waals surface area contributed by atoms with Gasteiger partial charge in [-0.3, -0.25) is 15.1 Å². The third kappa shape index (κ3) is 4.66. The Kier molecular flexibility index (Phi) is 5.02. The highest BCUT2D eigenvalue weighted by atomic mass is 32.1. The molecule has 0 aliphatic rings. The molecular formula is C14H13N3O2S. The van der Waals surface area contributed by atoms with Gasteiger partial charge < -0.3 is 9.73 Å². The number of amides is 1. The predicted molar refractivity (Wildman–Crippen MR) is 79.6 cm³/mol. The minimum absolute atomic E-state index is 0.267. The van der Waals surface area contributed by atoms with Crippen LogP contribution in [0.2, 0.25) is 0 Å². The zero-order valence-corrected chi connectivity index (χ0v) is 11.4. The van der Waals surface area contributed by atoms with Crippen molar-refractivity contribution in [2.75, 3.05) is 0 Å². The number of pyridine rings is 1. The van der Waals surface area contributed by atoms with E-state index in [0.717, 1.165) is 5.56 Å². The lowest BCUT2D eigenvalue weighted by molar-refractivity contribution is -0.115. The molecule has 0 aliphatic carbocycles. The Bertz CT molecular complexity index is 594. The van der Waals surface area contributed by atoms with E-state index in [0.29, 0.717) is 12.3 Å². The van der Waals surface area contributed by atoms with E-state index in [2.05, 4.69) is 15.6 Å². The fourth-order valence-electron chi connectivity index (χ4n) is 1.43. The summed E-state index contributed by atoms with van der Waals surface area (Å²) >= 11 is 5.02. The SMILES string of the molecule is O=C(/C=C/c1ccco1)NC(=S)NCc1cccnc1. The Morgan fingerprint density at radius 2 is 2.30 bits per heavy atom. The van der Waals surface area contributed by atoms with E-state index in [1.165, 1.54) is 12.3 Å². The normalized spacial score (nSPS) is 10.4. The highest BCUT2D eigenvalue weighted by Crippen LogP contribution is 2.01. The maximum absolute atomic E-state index is 11.6. The first-order chi connectivity index (χ1) is 9.74. The monoisotopic (exact) mass is 287 g/mol. The van der Waals surface area contributed by atoms with Gasteiger partial charge in [0.1, 0.15) is 5.76 Å². The maximum Gasteiger partial charge on any atom is 0.250 e. The number of rotatable bonds is 4. The van der Waals surface area contributed by atoms with Crippen LogP contribution in [-0.2, 0) is 11.3 Å². The molecule has 2 aromatic heterocycles. The van der Waals surface area contributed by atoms with E-state index in [-0.39, 0.29) is 11.0 Å². The fraction of sp³-hybridized carbons (Fsp3) is 0.0714. The topological polar surface area (TPSA) is 67.2 Å². The van der Waals surface area contributed by atoms with E-state index in [4.69, 9.17) is 16.6 Å². The summed E-state index contributed by atoms with van der Waals surface area (Å²) < 4.78 is 5.07. The first-order valence-electron chi connectivity index (χ1n) is 5.93. The van der Waals surface area contributed by atoms with Gasteiger partial charge in [-0.25, -0.2) is 0 Å². The molecule has 6 heteroatoms. The predicted octanol–water partition coefficient (Wildman–Crippen LogP) is 1.88. The molecule has 20 heavy (non-hydrogen) atoms. The fourth-order valence-corrected chi connectivity index (χ4v) is 1.60. The molecular weight excluding hydrogens is 274 g/mol. The zero-order chi connectivity index (χ0) is 14.2. The van der Waals surface area contributed by atoms with Gasteiger partial charge in [-0.05, 0) is 42.1 Å². The van der Waals surface area contributed by atoms with Crippen LogP contribution in [-0.4, -0.2) is 16.0 Å². The molecule has 102 valence electrons. The maximum atomic E-state index is 11.6. The summed E-state index contributed by atoms with van der Waals surface area (Å²) in [6, 6.07) is 7.26. The third-order valence-corrected chi connectivity index (χ3v) is 2.60. The number of aromatic nitrogens is 1. The molecule has 5 nitrogen and oxygen atoms in total. The second-order valence-corrected chi connectivity index (χ2v) is 4.29.